The van der Waals surface area contributed by atoms with E-state index in [-0.39, 0.29) is 36.5 Å². The Labute approximate surface area is 260 Å². The smallest absolute Gasteiger partial charge is 0.246 e. The quantitative estimate of drug-likeness (QED) is 0.151. The molecule has 1 aliphatic rings. The lowest BCUT2D eigenvalue weighted by atomic mass is 9.96. The highest BCUT2D eigenvalue weighted by atomic mass is 32.1. The molecule has 0 bridgehead atoms. The number of pyridine rings is 1. The van der Waals surface area contributed by atoms with E-state index in [0.29, 0.717) is 35.7 Å². The number of carbonyl (C=O) groups is 1. The third-order valence-corrected chi connectivity index (χ3v) is 8.93. The molecule has 6 aromatic rings. The summed E-state index contributed by atoms with van der Waals surface area (Å²) in [4.78, 5) is 19.5. The molecule has 0 radical (unpaired) electrons. The summed E-state index contributed by atoms with van der Waals surface area (Å²) < 4.78 is 44.2. The van der Waals surface area contributed by atoms with Crippen LogP contribution in [0.1, 0.15) is 12.6 Å². The van der Waals surface area contributed by atoms with Gasteiger partial charge in [0, 0.05) is 51.9 Å². The molecule has 0 fully saturated rings. The van der Waals surface area contributed by atoms with Crippen molar-refractivity contribution in [2.45, 2.75) is 26.1 Å². The number of nitrogens with one attached hydrogen (secondary N) is 1. The van der Waals surface area contributed by atoms with Crippen molar-refractivity contribution >= 4 is 38.2 Å². The van der Waals surface area contributed by atoms with E-state index < -0.39 is 11.6 Å². The van der Waals surface area contributed by atoms with E-state index >= 15 is 4.39 Å². The molecule has 0 saturated heterocycles. The maximum Gasteiger partial charge on any atom is 0.246 e. The van der Waals surface area contributed by atoms with Gasteiger partial charge in [-0.3, -0.25) is 14.6 Å². The van der Waals surface area contributed by atoms with E-state index in [1.807, 2.05) is 47.3 Å². The molecule has 0 saturated carbocycles. The maximum atomic E-state index is 16.0. The van der Waals surface area contributed by atoms with Crippen molar-refractivity contribution < 1.29 is 23.0 Å². The summed E-state index contributed by atoms with van der Waals surface area (Å²) in [6, 6.07) is 11.6. The van der Waals surface area contributed by atoms with E-state index in [1.54, 1.807) is 11.1 Å². The van der Waals surface area contributed by atoms with Gasteiger partial charge in [-0.15, -0.1) is 11.3 Å². The van der Waals surface area contributed by atoms with Crippen LogP contribution >= 0.6 is 11.3 Å². The number of carbonyl (C=O) groups excluding carboxylic acids is 1. The molecule has 12 heteroatoms. The lowest BCUT2D eigenvalue weighted by molar-refractivity contribution is -0.129. The number of hydrogen-bond acceptors (Lipinski definition) is 7. The predicted octanol–water partition coefficient (Wildman–Crippen LogP) is 6.59. The van der Waals surface area contributed by atoms with Crippen molar-refractivity contribution in [3.63, 3.8) is 0 Å². The van der Waals surface area contributed by atoms with Crippen LogP contribution in [0.4, 0.5) is 8.78 Å². The second-order valence-corrected chi connectivity index (χ2v) is 11.8. The lowest BCUT2D eigenvalue weighted by Crippen LogP contribution is -2.44. The van der Waals surface area contributed by atoms with E-state index in [1.165, 1.54) is 30.6 Å². The van der Waals surface area contributed by atoms with E-state index in [9.17, 15) is 9.18 Å². The number of fused-ring (bicyclic) bond motifs is 3. The first-order chi connectivity index (χ1) is 21.9. The molecule has 0 aliphatic carbocycles. The number of aromatic nitrogens is 5. The number of nitrogens with zero attached hydrogens (tertiary/aromatic N) is 5. The number of hydrogen-bond donors (Lipinski definition) is 1. The monoisotopic (exact) mass is 626 g/mol. The molecule has 7 rings (SSSR count). The molecule has 4 aromatic heterocycles. The van der Waals surface area contributed by atoms with Gasteiger partial charge < -0.3 is 14.4 Å². The number of benzene rings is 2. The molecule has 0 spiro atoms. The second kappa shape index (κ2) is 11.5. The molecular formula is C33H28F2N6O3S. The standard InChI is InChI=1S/C33H28F2N6O3S/c1-4-28(42)40-17-22-14-26(39-41(22)16-18(40)2)32-30(29-24(35)12-21(34)13-27(29)44-9-8-43-3)33-23(7-10-45-33)31(37-32)19-5-6-20-15-36-38-25(20)11-19/h4-7,10-15,18H,1,8-9,16-17H2,2-3H3,(H,36,38). The first-order valence-corrected chi connectivity index (χ1v) is 15.2. The fourth-order valence-corrected chi connectivity index (χ4v) is 6.78. The zero-order valence-electron chi connectivity index (χ0n) is 24.5. The van der Waals surface area contributed by atoms with Gasteiger partial charge in [-0.25, -0.2) is 13.8 Å². The minimum atomic E-state index is -0.785. The third-order valence-electron chi connectivity index (χ3n) is 8.00. The number of amides is 1. The van der Waals surface area contributed by atoms with E-state index in [4.69, 9.17) is 19.6 Å². The van der Waals surface area contributed by atoms with Crippen molar-refractivity contribution in [2.24, 2.45) is 0 Å². The molecule has 9 nitrogen and oxygen atoms in total. The van der Waals surface area contributed by atoms with Gasteiger partial charge in [-0.2, -0.15) is 10.2 Å². The summed E-state index contributed by atoms with van der Waals surface area (Å²) in [6.07, 6.45) is 3.06. The summed E-state index contributed by atoms with van der Waals surface area (Å²) in [7, 11) is 1.53. The summed E-state index contributed by atoms with van der Waals surface area (Å²) in [6.45, 7) is 6.71. The van der Waals surface area contributed by atoms with E-state index in [0.717, 1.165) is 38.3 Å². The summed E-state index contributed by atoms with van der Waals surface area (Å²) >= 11 is 1.42. The van der Waals surface area contributed by atoms with Crippen molar-refractivity contribution in [1.82, 2.24) is 29.9 Å². The lowest BCUT2D eigenvalue weighted by Gasteiger charge is -2.33. The van der Waals surface area contributed by atoms with Crippen LogP contribution in [0.15, 0.2) is 66.7 Å². The number of methoxy groups -OCH3 is 1. The first-order valence-electron chi connectivity index (χ1n) is 14.3. The molecule has 45 heavy (non-hydrogen) atoms. The highest BCUT2D eigenvalue weighted by Gasteiger charge is 2.30. The number of thiophene rings is 1. The van der Waals surface area contributed by atoms with Crippen LogP contribution in [0, 0.1) is 11.6 Å². The fourth-order valence-electron chi connectivity index (χ4n) is 5.84. The van der Waals surface area contributed by atoms with Crippen LogP contribution in [-0.2, 0) is 22.6 Å². The van der Waals surface area contributed by atoms with Gasteiger partial charge in [-0.05, 0) is 36.6 Å². The van der Waals surface area contributed by atoms with Crippen LogP contribution in [0.3, 0.4) is 0 Å². The van der Waals surface area contributed by atoms with Crippen LogP contribution in [0.5, 0.6) is 5.75 Å². The minimum Gasteiger partial charge on any atom is -0.490 e. The number of rotatable bonds is 8. The molecule has 1 amide bonds. The van der Waals surface area contributed by atoms with Crippen LogP contribution in [-0.4, -0.2) is 62.1 Å². The Bertz CT molecular complexity index is 2100. The largest absolute Gasteiger partial charge is 0.490 e. The normalized spacial score (nSPS) is 14.7. The zero-order valence-corrected chi connectivity index (χ0v) is 25.3. The minimum absolute atomic E-state index is 0.0364. The highest BCUT2D eigenvalue weighted by Crippen LogP contribution is 2.47. The number of halogens is 2. The Morgan fingerprint density at radius 2 is 2.02 bits per heavy atom. The Hall–Kier alpha value is -4.94. The zero-order chi connectivity index (χ0) is 31.2. The van der Waals surface area contributed by atoms with Crippen molar-refractivity contribution in [2.75, 3.05) is 20.3 Å². The maximum absolute atomic E-state index is 16.0. The second-order valence-electron chi connectivity index (χ2n) is 10.8. The number of H-pyrrole nitrogens is 1. The van der Waals surface area contributed by atoms with Gasteiger partial charge in [0.2, 0.25) is 5.91 Å². The third kappa shape index (κ3) is 5.05. The van der Waals surface area contributed by atoms with Crippen molar-refractivity contribution in [3.05, 3.63) is 84.0 Å². The predicted molar refractivity (Wildman–Crippen MR) is 169 cm³/mol. The molecule has 5 heterocycles. The topological polar surface area (TPSA) is 98.2 Å². The Kier molecular flexibility index (Phi) is 7.38. The van der Waals surface area contributed by atoms with Crippen LogP contribution < -0.4 is 4.74 Å². The molecule has 2 aromatic carbocycles. The van der Waals surface area contributed by atoms with Crippen molar-refractivity contribution in [1.29, 1.82) is 0 Å². The Balaban J connectivity index is 1.49. The van der Waals surface area contributed by atoms with Gasteiger partial charge >= 0.3 is 0 Å². The fraction of sp³-hybridized carbons (Fsp3) is 0.212. The van der Waals surface area contributed by atoms with E-state index in [2.05, 4.69) is 16.8 Å². The summed E-state index contributed by atoms with van der Waals surface area (Å²) in [5.41, 5.74) is 4.58. The Morgan fingerprint density at radius 3 is 2.84 bits per heavy atom. The average molecular weight is 627 g/mol. The van der Waals surface area contributed by atoms with Gasteiger partial charge in [0.25, 0.3) is 0 Å². The number of ether oxygens (including phenoxy) is 2. The molecule has 1 aliphatic heterocycles. The number of aromatic amines is 1. The average Bonchev–Trinajstić information content (AvgIpc) is 3.79. The highest BCUT2D eigenvalue weighted by molar-refractivity contribution is 7.18. The van der Waals surface area contributed by atoms with Crippen molar-refractivity contribution in [3.8, 4) is 39.5 Å². The molecule has 1 atom stereocenters. The Morgan fingerprint density at radius 1 is 1.16 bits per heavy atom. The van der Waals surface area contributed by atoms with Crippen LogP contribution in [0.25, 0.3) is 54.8 Å². The molecule has 1 N–H and O–H groups in total. The van der Waals surface area contributed by atoms with Crippen LogP contribution in [0.2, 0.25) is 0 Å². The van der Waals surface area contributed by atoms with Gasteiger partial charge in [0.05, 0.1) is 48.4 Å². The van der Waals surface area contributed by atoms with Gasteiger partial charge in [-0.1, -0.05) is 18.7 Å². The molecule has 1 unspecified atom stereocenters. The summed E-state index contributed by atoms with van der Waals surface area (Å²) in [5.74, 6) is -1.68. The first kappa shape index (κ1) is 28.8. The van der Waals surface area contributed by atoms with Gasteiger partial charge in [0.1, 0.15) is 35.4 Å². The molecule has 228 valence electrons. The molecular weight excluding hydrogens is 598 g/mol. The summed E-state index contributed by atoms with van der Waals surface area (Å²) in [5, 5.41) is 15.8. The SMILES string of the molecule is C=CC(=O)N1Cc2cc(-c3nc(-c4ccc5cn[nH]c5c4)c4ccsc4c3-c3c(F)cc(F)cc3OCCOC)nn2CC1C. The van der Waals surface area contributed by atoms with Gasteiger partial charge in [0.15, 0.2) is 0 Å².